The van der Waals surface area contributed by atoms with Crippen LogP contribution in [0.2, 0.25) is 0 Å². The summed E-state index contributed by atoms with van der Waals surface area (Å²) in [5.41, 5.74) is 1.09. The van der Waals surface area contributed by atoms with Crippen molar-refractivity contribution in [1.82, 2.24) is 3.97 Å². The van der Waals surface area contributed by atoms with E-state index in [0.29, 0.717) is 23.0 Å². The van der Waals surface area contributed by atoms with Gasteiger partial charge < -0.3 is 0 Å². The maximum Gasteiger partial charge on any atom is 0.245 e. The number of benzene rings is 1. The third-order valence-corrected chi connectivity index (χ3v) is 5.82. The van der Waals surface area contributed by atoms with E-state index < -0.39 is 15.3 Å². The molecule has 1 aromatic heterocycles. The van der Waals surface area contributed by atoms with Crippen LogP contribution in [0, 0.1) is 12.7 Å². The first-order valence-electron chi connectivity index (χ1n) is 7.06. The van der Waals surface area contributed by atoms with Gasteiger partial charge in [0.25, 0.3) is 0 Å². The van der Waals surface area contributed by atoms with Gasteiger partial charge in [0.1, 0.15) is 5.82 Å². The Morgan fingerprint density at radius 1 is 1.38 bits per heavy atom. The number of unbranched alkanes of at least 4 members (excludes halogenated alkanes) is 1. The highest BCUT2D eigenvalue weighted by Gasteiger charge is 2.26. The molecular weight excluding hydrogens is 289 g/mol. The van der Waals surface area contributed by atoms with E-state index in [1.54, 1.807) is 13.0 Å². The third-order valence-electron chi connectivity index (χ3n) is 3.64. The van der Waals surface area contributed by atoms with Crippen LogP contribution in [0.3, 0.4) is 0 Å². The second kappa shape index (κ2) is 6.02. The van der Waals surface area contributed by atoms with Gasteiger partial charge in [0.05, 0.1) is 10.8 Å². The van der Waals surface area contributed by atoms with E-state index in [1.807, 2.05) is 6.92 Å². The maximum absolute atomic E-state index is 13.3. The van der Waals surface area contributed by atoms with Gasteiger partial charge in [-0.25, -0.2) is 16.8 Å². The fraction of sp³-hybridized carbons (Fsp3) is 0.375. The van der Waals surface area contributed by atoms with E-state index in [9.17, 15) is 12.8 Å². The lowest BCUT2D eigenvalue weighted by Crippen LogP contribution is -2.26. The van der Waals surface area contributed by atoms with Gasteiger partial charge >= 0.3 is 0 Å². The molecule has 1 aromatic carbocycles. The summed E-state index contributed by atoms with van der Waals surface area (Å²) >= 11 is 0. The lowest BCUT2D eigenvalue weighted by molar-refractivity contribution is 0.571. The molecule has 1 unspecified atom stereocenters. The number of hydrogen-bond donors (Lipinski definition) is 0. The normalized spacial score (nSPS) is 13.5. The van der Waals surface area contributed by atoms with E-state index in [1.165, 1.54) is 28.2 Å². The molecule has 0 amide bonds. The molecule has 1 atom stereocenters. The van der Waals surface area contributed by atoms with E-state index in [4.69, 9.17) is 0 Å². The topological polar surface area (TPSA) is 39.1 Å². The van der Waals surface area contributed by atoms with Crippen molar-refractivity contribution in [3.63, 3.8) is 0 Å². The van der Waals surface area contributed by atoms with Gasteiger partial charge in [-0.2, -0.15) is 0 Å². The minimum absolute atomic E-state index is 0.372. The lowest BCUT2D eigenvalue weighted by atomic mass is 10.2. The molecule has 0 aliphatic heterocycles. The predicted molar refractivity (Wildman–Crippen MR) is 84.5 cm³/mol. The summed E-state index contributed by atoms with van der Waals surface area (Å²) < 4.78 is 40.3. The van der Waals surface area contributed by atoms with Crippen molar-refractivity contribution in [3.05, 3.63) is 48.4 Å². The number of hydrogen-bond acceptors (Lipinski definition) is 2. The summed E-state index contributed by atoms with van der Waals surface area (Å²) in [6, 6.07) is 5.83. The second-order valence-corrected chi connectivity index (χ2v) is 7.22. The standard InChI is InChI=1S/C16H20FNO2S/c1-4-6-7-15(5-2)21(19,20)18-12(3)10-13-11-14(17)8-9-16(13)18/h5,8-11,15H,2,4,6-7H2,1,3H3. The Hall–Kier alpha value is -1.62. The molecule has 114 valence electrons. The average molecular weight is 309 g/mol. The zero-order chi connectivity index (χ0) is 15.6. The predicted octanol–water partition coefficient (Wildman–Crippen LogP) is 4.01. The molecule has 21 heavy (non-hydrogen) atoms. The number of halogens is 1. The number of fused-ring (bicyclic) bond motifs is 1. The first-order chi connectivity index (χ1) is 9.91. The molecule has 0 spiro atoms. The minimum atomic E-state index is -3.57. The molecule has 2 aromatic rings. The van der Waals surface area contributed by atoms with Gasteiger partial charge in [0.2, 0.25) is 10.0 Å². The first-order valence-corrected chi connectivity index (χ1v) is 8.56. The van der Waals surface area contributed by atoms with E-state index in [-0.39, 0.29) is 5.82 Å². The number of aromatic nitrogens is 1. The second-order valence-electron chi connectivity index (χ2n) is 5.21. The Balaban J connectivity index is 2.58. The molecule has 0 bridgehead atoms. The van der Waals surface area contributed by atoms with E-state index in [2.05, 4.69) is 6.58 Å². The van der Waals surface area contributed by atoms with E-state index >= 15 is 0 Å². The van der Waals surface area contributed by atoms with Crippen LogP contribution in [0.25, 0.3) is 10.9 Å². The molecule has 0 saturated carbocycles. The molecule has 0 radical (unpaired) electrons. The van der Waals surface area contributed by atoms with Gasteiger partial charge in [-0.1, -0.05) is 25.8 Å². The highest BCUT2D eigenvalue weighted by atomic mass is 32.2. The van der Waals surface area contributed by atoms with Crippen LogP contribution in [0.1, 0.15) is 31.9 Å². The van der Waals surface area contributed by atoms with Crippen LogP contribution in [0.15, 0.2) is 36.9 Å². The van der Waals surface area contributed by atoms with Crippen molar-refractivity contribution in [1.29, 1.82) is 0 Å². The summed E-state index contributed by atoms with van der Waals surface area (Å²) in [6.07, 6.45) is 3.78. The summed E-state index contributed by atoms with van der Waals surface area (Å²) in [5, 5.41) is -0.0359. The van der Waals surface area contributed by atoms with Crippen LogP contribution < -0.4 is 0 Å². The van der Waals surface area contributed by atoms with Gasteiger partial charge in [-0.05, 0) is 37.6 Å². The van der Waals surface area contributed by atoms with Gasteiger partial charge in [0, 0.05) is 11.1 Å². The van der Waals surface area contributed by atoms with Crippen LogP contribution in [0.5, 0.6) is 0 Å². The molecule has 0 aliphatic carbocycles. The maximum atomic E-state index is 13.3. The quantitative estimate of drug-likeness (QED) is 0.756. The van der Waals surface area contributed by atoms with Crippen molar-refractivity contribution < 1.29 is 12.8 Å². The Morgan fingerprint density at radius 3 is 2.71 bits per heavy atom. The highest BCUT2D eigenvalue weighted by Crippen LogP contribution is 2.26. The monoisotopic (exact) mass is 309 g/mol. The average Bonchev–Trinajstić information content (AvgIpc) is 2.74. The van der Waals surface area contributed by atoms with Crippen molar-refractivity contribution in [3.8, 4) is 0 Å². The zero-order valence-corrected chi connectivity index (χ0v) is 13.2. The van der Waals surface area contributed by atoms with Crippen LogP contribution in [-0.4, -0.2) is 17.6 Å². The fourth-order valence-corrected chi connectivity index (χ4v) is 4.44. The summed E-state index contributed by atoms with van der Waals surface area (Å²) in [6.45, 7) is 7.40. The highest BCUT2D eigenvalue weighted by molar-refractivity contribution is 7.90. The Kier molecular flexibility index (Phi) is 4.52. The molecular formula is C16H20FNO2S. The van der Waals surface area contributed by atoms with Gasteiger partial charge in [-0.15, -0.1) is 6.58 Å². The van der Waals surface area contributed by atoms with Crippen molar-refractivity contribution in [2.75, 3.05) is 0 Å². The van der Waals surface area contributed by atoms with Crippen LogP contribution in [-0.2, 0) is 10.0 Å². The molecule has 0 N–H and O–H groups in total. The summed E-state index contributed by atoms with van der Waals surface area (Å²) in [7, 11) is -3.57. The van der Waals surface area contributed by atoms with Crippen molar-refractivity contribution >= 4 is 20.9 Å². The Labute approximate surface area is 125 Å². The molecule has 2 rings (SSSR count). The third kappa shape index (κ3) is 2.88. The van der Waals surface area contributed by atoms with Crippen molar-refractivity contribution in [2.24, 2.45) is 0 Å². The fourth-order valence-electron chi connectivity index (χ4n) is 2.57. The SMILES string of the molecule is C=CC(CCCC)S(=O)(=O)n1c(C)cc2cc(F)ccc21. The van der Waals surface area contributed by atoms with Crippen LogP contribution >= 0.6 is 0 Å². The Morgan fingerprint density at radius 2 is 2.10 bits per heavy atom. The molecule has 3 nitrogen and oxygen atoms in total. The van der Waals surface area contributed by atoms with Crippen LogP contribution in [0.4, 0.5) is 4.39 Å². The molecule has 0 fully saturated rings. The smallest absolute Gasteiger partial charge is 0.242 e. The molecule has 1 heterocycles. The molecule has 5 heteroatoms. The minimum Gasteiger partial charge on any atom is -0.242 e. The molecule has 0 saturated heterocycles. The zero-order valence-electron chi connectivity index (χ0n) is 12.3. The van der Waals surface area contributed by atoms with Gasteiger partial charge in [-0.3, -0.25) is 0 Å². The first kappa shape index (κ1) is 15.8. The van der Waals surface area contributed by atoms with Gasteiger partial charge in [0.15, 0.2) is 0 Å². The number of rotatable bonds is 6. The van der Waals surface area contributed by atoms with E-state index in [0.717, 1.165) is 12.8 Å². The Bertz CT molecular complexity index is 762. The number of nitrogens with zero attached hydrogens (tertiary/aromatic N) is 1. The number of aryl methyl sites for hydroxylation is 1. The largest absolute Gasteiger partial charge is 0.245 e. The lowest BCUT2D eigenvalue weighted by Gasteiger charge is -2.17. The molecule has 0 aliphatic rings. The van der Waals surface area contributed by atoms with Crippen molar-refractivity contribution in [2.45, 2.75) is 38.4 Å². The summed E-state index contributed by atoms with van der Waals surface area (Å²) in [4.78, 5) is 0. The summed E-state index contributed by atoms with van der Waals surface area (Å²) in [5.74, 6) is -0.372.